The van der Waals surface area contributed by atoms with Crippen molar-refractivity contribution in [2.24, 2.45) is 10.9 Å². The van der Waals surface area contributed by atoms with Gasteiger partial charge in [0.15, 0.2) is 23.2 Å². The largest absolute Gasteiger partial charge is 0.507 e. The average molecular weight is 845 g/mol. The van der Waals surface area contributed by atoms with Crippen LogP contribution in [0.1, 0.15) is 87.4 Å². The number of aromatic hydroxyl groups is 2. The van der Waals surface area contributed by atoms with E-state index in [1.54, 1.807) is 37.3 Å². The van der Waals surface area contributed by atoms with Crippen molar-refractivity contribution < 1.29 is 78.4 Å². The number of phenols is 2. The minimum atomic E-state index is -3.34. The van der Waals surface area contributed by atoms with E-state index in [1.165, 1.54) is 27.1 Å². The number of methoxy groups -OCH3 is 2. The van der Waals surface area contributed by atoms with Crippen LogP contribution in [0.5, 0.6) is 11.5 Å². The summed E-state index contributed by atoms with van der Waals surface area (Å²) in [7, 11) is 3.48. The lowest BCUT2D eigenvalue weighted by atomic mass is 9.56. The predicted octanol–water partition coefficient (Wildman–Crippen LogP) is 0.730. The molecule has 1 amide bonds. The van der Waals surface area contributed by atoms with Gasteiger partial charge in [-0.05, 0) is 36.6 Å². The molecule has 1 aliphatic heterocycles. The standard InChI is InChI=1S/C43H44N2O16/c1-18-11-21-12-27(48)43(59-5)39(55)31-23(13-22-30(35(31)52)26(47)14-25(33(22)50)44-40-24(16-46)34(51)37(58-4)19(2)61-40)38(54)42(43,57)32(21)36(53)29(18)41(56)45(3)15-28(49)60-17-20-9-7-6-8-10-20/h6-11,13,19,24,27,34,37,40,46,48,51-53,57H,12,14-17H2,1-5H3/t19-,24+,27+,34-,37-,40-,42-,43+/m0/s1. The van der Waals surface area contributed by atoms with E-state index in [1.807, 2.05) is 0 Å². The number of esters is 1. The minimum absolute atomic E-state index is 0.0651. The molecule has 0 aromatic heterocycles. The molecule has 18 nitrogen and oxygen atoms in total. The van der Waals surface area contributed by atoms with Gasteiger partial charge in [-0.3, -0.25) is 33.8 Å². The van der Waals surface area contributed by atoms with Crippen molar-refractivity contribution in [1.29, 1.82) is 0 Å². The Morgan fingerprint density at radius 1 is 0.984 bits per heavy atom. The molecule has 3 aromatic carbocycles. The third-order valence-electron chi connectivity index (χ3n) is 12.1. The van der Waals surface area contributed by atoms with E-state index in [9.17, 15) is 59.4 Å². The summed E-state index contributed by atoms with van der Waals surface area (Å²) in [6, 6.07) is 10.9. The highest BCUT2D eigenvalue weighted by atomic mass is 16.6. The molecule has 0 radical (unpaired) electrons. The van der Waals surface area contributed by atoms with Crippen LogP contribution in [-0.4, -0.2) is 147 Å². The number of ketones is 4. The second-order valence-electron chi connectivity index (χ2n) is 15.6. The van der Waals surface area contributed by atoms with E-state index >= 15 is 0 Å². The number of ether oxygens (including phenoxy) is 4. The molecule has 18 heteroatoms. The molecule has 8 atom stereocenters. The first kappa shape index (κ1) is 43.4. The maximum absolute atomic E-state index is 14.9. The van der Waals surface area contributed by atoms with Gasteiger partial charge in [-0.1, -0.05) is 36.4 Å². The number of carbonyl (C=O) groups is 6. The summed E-state index contributed by atoms with van der Waals surface area (Å²) >= 11 is 0. The predicted molar refractivity (Wildman–Crippen MR) is 209 cm³/mol. The van der Waals surface area contributed by atoms with Crippen molar-refractivity contribution in [1.82, 2.24) is 4.90 Å². The quantitative estimate of drug-likeness (QED) is 0.162. The molecule has 4 aliphatic rings. The van der Waals surface area contributed by atoms with Gasteiger partial charge < -0.3 is 54.5 Å². The van der Waals surface area contributed by atoms with Crippen LogP contribution in [0.4, 0.5) is 0 Å². The van der Waals surface area contributed by atoms with Crippen LogP contribution in [0.2, 0.25) is 0 Å². The second kappa shape index (κ2) is 15.9. The van der Waals surface area contributed by atoms with Gasteiger partial charge >= 0.3 is 5.97 Å². The van der Waals surface area contributed by atoms with E-state index in [2.05, 4.69) is 4.99 Å². The van der Waals surface area contributed by atoms with Gasteiger partial charge in [0.25, 0.3) is 5.91 Å². The molecule has 7 rings (SSSR count). The number of aliphatic hydroxyl groups is 4. The van der Waals surface area contributed by atoms with Crippen LogP contribution in [0.3, 0.4) is 0 Å². The fourth-order valence-electron chi connectivity index (χ4n) is 9.09. The van der Waals surface area contributed by atoms with Crippen molar-refractivity contribution in [3.05, 3.63) is 92.5 Å². The molecule has 0 saturated carbocycles. The SMILES string of the molecule is CO[C@@H]1[C@@H](O)[C@@H](CO)[C@@H](N=C2CC(=O)c3c(cc4c(c3O)C(=O)[C@]3(OC)[C@H](O)Cc5cc(C)c(C(=O)N(C)CC(=O)OCc6ccccc6)c(O)c5[C@]3(O)C4=O)C2=O)O[C@H]1C. The highest BCUT2D eigenvalue weighted by Crippen LogP contribution is 2.56. The van der Waals surface area contributed by atoms with Gasteiger partial charge in [-0.25, -0.2) is 0 Å². The van der Waals surface area contributed by atoms with Crippen LogP contribution in [0.25, 0.3) is 0 Å². The molecule has 6 N–H and O–H groups in total. The summed E-state index contributed by atoms with van der Waals surface area (Å²) in [4.78, 5) is 89.3. The van der Waals surface area contributed by atoms with E-state index in [0.717, 1.165) is 18.1 Å². The van der Waals surface area contributed by atoms with Crippen molar-refractivity contribution >= 4 is 40.7 Å². The number of nitrogens with zero attached hydrogens (tertiary/aromatic N) is 2. The number of aryl methyl sites for hydroxylation is 1. The highest BCUT2D eigenvalue weighted by molar-refractivity contribution is 6.53. The topological polar surface area (TPSA) is 276 Å². The van der Waals surface area contributed by atoms with Crippen molar-refractivity contribution in [2.75, 3.05) is 34.4 Å². The zero-order chi connectivity index (χ0) is 44.5. The molecular formula is C43H44N2O16. The Morgan fingerprint density at radius 3 is 2.31 bits per heavy atom. The molecule has 3 aliphatic carbocycles. The van der Waals surface area contributed by atoms with Gasteiger partial charge in [-0.15, -0.1) is 0 Å². The summed E-state index contributed by atoms with van der Waals surface area (Å²) < 4.78 is 22.0. The Labute approximate surface area is 347 Å². The zero-order valence-electron chi connectivity index (χ0n) is 33.7. The maximum atomic E-state index is 14.9. The maximum Gasteiger partial charge on any atom is 0.325 e. The third-order valence-corrected chi connectivity index (χ3v) is 12.1. The molecule has 1 fully saturated rings. The summed E-state index contributed by atoms with van der Waals surface area (Å²) in [6.07, 6.45) is -7.53. The Kier molecular flexibility index (Phi) is 11.3. The number of amides is 1. The lowest BCUT2D eigenvalue weighted by Crippen LogP contribution is -2.73. The lowest BCUT2D eigenvalue weighted by Gasteiger charge is -2.53. The van der Waals surface area contributed by atoms with Crippen LogP contribution in [0.15, 0.2) is 47.5 Å². The summed E-state index contributed by atoms with van der Waals surface area (Å²) in [5.41, 5.74) is -10.1. The molecule has 1 saturated heterocycles. The first-order valence-electron chi connectivity index (χ1n) is 19.3. The molecule has 1 heterocycles. The van der Waals surface area contributed by atoms with E-state index in [0.29, 0.717) is 5.56 Å². The molecular weight excluding hydrogens is 800 g/mol. The third kappa shape index (κ3) is 6.48. The average Bonchev–Trinajstić information content (AvgIpc) is 3.21. The van der Waals surface area contributed by atoms with Gasteiger partial charge in [0.05, 0.1) is 59.7 Å². The van der Waals surface area contributed by atoms with E-state index < -0.39 is 159 Å². The van der Waals surface area contributed by atoms with Crippen LogP contribution < -0.4 is 0 Å². The Hall–Kier alpha value is -5.73. The van der Waals surface area contributed by atoms with Crippen LogP contribution >= 0.6 is 0 Å². The van der Waals surface area contributed by atoms with Gasteiger partial charge in [0.1, 0.15) is 30.8 Å². The summed E-state index contributed by atoms with van der Waals surface area (Å²) in [5, 5.41) is 68.9. The Morgan fingerprint density at radius 2 is 1.67 bits per heavy atom. The number of phenolic OH excluding ortho intramolecular Hbond substituents is 2. The Balaban J connectivity index is 1.30. The van der Waals surface area contributed by atoms with E-state index in [-0.39, 0.29) is 17.7 Å². The van der Waals surface area contributed by atoms with Crippen LogP contribution in [0, 0.1) is 12.8 Å². The van der Waals surface area contributed by atoms with Gasteiger partial charge in [0, 0.05) is 44.4 Å². The summed E-state index contributed by atoms with van der Waals surface area (Å²) in [5.74, 6) is -9.69. The number of carbonyl (C=O) groups excluding carboxylic acids is 6. The number of hydrogen-bond acceptors (Lipinski definition) is 17. The van der Waals surface area contributed by atoms with Gasteiger partial charge in [0.2, 0.25) is 17.3 Å². The van der Waals surface area contributed by atoms with Crippen molar-refractivity contribution in [3.8, 4) is 11.5 Å². The highest BCUT2D eigenvalue weighted by Gasteiger charge is 2.72. The van der Waals surface area contributed by atoms with Crippen molar-refractivity contribution in [2.45, 2.75) is 75.1 Å². The molecule has 3 aromatic rings. The molecule has 0 spiro atoms. The minimum Gasteiger partial charge on any atom is -0.507 e. The molecule has 0 bridgehead atoms. The lowest BCUT2D eigenvalue weighted by molar-refractivity contribution is -0.206. The number of aliphatic hydroxyl groups excluding tert-OH is 3. The van der Waals surface area contributed by atoms with Gasteiger partial charge in [-0.2, -0.15) is 0 Å². The zero-order valence-corrected chi connectivity index (χ0v) is 33.7. The molecule has 61 heavy (non-hydrogen) atoms. The number of likely N-dealkylation sites (N-methyl/N-ethyl adjacent to an activating group) is 1. The molecule has 322 valence electrons. The fraction of sp³-hybridized carbons (Fsp3) is 0.419. The summed E-state index contributed by atoms with van der Waals surface area (Å²) in [6.45, 7) is 1.68. The first-order valence-corrected chi connectivity index (χ1v) is 19.3. The van der Waals surface area contributed by atoms with Crippen LogP contribution in [-0.2, 0) is 42.4 Å². The molecule has 0 unspecified atom stereocenters. The fourth-order valence-corrected chi connectivity index (χ4v) is 9.09. The second-order valence-corrected chi connectivity index (χ2v) is 15.6. The van der Waals surface area contributed by atoms with Crippen molar-refractivity contribution in [3.63, 3.8) is 0 Å². The number of Topliss-reactive ketones (excluding diaryl/α,β-unsaturated/α-hetero) is 4. The Bertz CT molecular complexity index is 2410. The smallest absolute Gasteiger partial charge is 0.325 e. The normalized spacial score (nSPS) is 28.8. The number of benzene rings is 3. The number of aliphatic imine (C=N–C) groups is 1. The monoisotopic (exact) mass is 844 g/mol. The first-order chi connectivity index (χ1) is 28.9. The number of hydrogen-bond donors (Lipinski definition) is 6. The number of fused-ring (bicyclic) bond motifs is 5. The number of rotatable bonds is 9. The van der Waals surface area contributed by atoms with E-state index in [4.69, 9.17) is 18.9 Å².